The molecule has 2 aromatic carbocycles. The smallest absolute Gasteiger partial charge is 0.316 e. The first-order valence-electron chi connectivity index (χ1n) is 8.02. The number of para-hydroxylation sites is 1. The number of hydrogen-bond donors (Lipinski definition) is 2. The zero-order valence-electron chi connectivity index (χ0n) is 13.9. The topological polar surface area (TPSA) is 96.7 Å². The molecule has 2 heterocycles. The van der Waals surface area contributed by atoms with E-state index in [1.165, 1.54) is 7.05 Å². The molecule has 128 valence electrons. The molecule has 0 saturated heterocycles. The van der Waals surface area contributed by atoms with Crippen LogP contribution in [0.25, 0.3) is 34.4 Å². The lowest BCUT2D eigenvalue weighted by Gasteiger charge is -2.00. The molecular formula is C19H15N5O2. The Bertz CT molecular complexity index is 1110. The van der Waals surface area contributed by atoms with Gasteiger partial charge in [-0.1, -0.05) is 53.7 Å². The molecule has 0 aliphatic heterocycles. The molecule has 0 bridgehead atoms. The highest BCUT2D eigenvalue weighted by molar-refractivity contribution is 5.91. The average molecular weight is 345 g/mol. The summed E-state index contributed by atoms with van der Waals surface area (Å²) < 4.78 is 5.02. The first kappa shape index (κ1) is 15.8. The zero-order valence-corrected chi connectivity index (χ0v) is 13.9. The Balaban J connectivity index is 1.70. The van der Waals surface area contributed by atoms with Gasteiger partial charge < -0.3 is 9.84 Å². The molecule has 0 radical (unpaired) electrons. The Hall–Kier alpha value is -3.74. The van der Waals surface area contributed by atoms with E-state index in [-0.39, 0.29) is 5.89 Å². The molecule has 0 unspecified atom stereocenters. The maximum atomic E-state index is 11.6. The van der Waals surface area contributed by atoms with E-state index in [1.807, 2.05) is 60.7 Å². The molecule has 0 aliphatic carbocycles. The van der Waals surface area contributed by atoms with Crippen LogP contribution in [0.5, 0.6) is 0 Å². The van der Waals surface area contributed by atoms with E-state index in [2.05, 4.69) is 25.7 Å². The largest absolute Gasteiger partial charge is 0.351 e. The fourth-order valence-corrected chi connectivity index (χ4v) is 2.66. The number of nitrogens with one attached hydrogen (secondary N) is 2. The fourth-order valence-electron chi connectivity index (χ4n) is 2.66. The number of aromatic amines is 1. The van der Waals surface area contributed by atoms with Crippen molar-refractivity contribution in [1.82, 2.24) is 25.7 Å². The summed E-state index contributed by atoms with van der Waals surface area (Å²) in [5, 5.41) is 14.8. The lowest BCUT2D eigenvalue weighted by atomic mass is 10.1. The predicted molar refractivity (Wildman–Crippen MR) is 98.1 cm³/mol. The molecule has 0 aliphatic rings. The third kappa shape index (κ3) is 2.86. The molecule has 0 saturated carbocycles. The van der Waals surface area contributed by atoms with Crippen molar-refractivity contribution in [3.05, 3.63) is 65.7 Å². The predicted octanol–water partition coefficient (Wildman–Crippen LogP) is 3.14. The third-order valence-corrected chi connectivity index (χ3v) is 3.97. The number of H-pyrrole nitrogens is 1. The number of rotatable bonds is 4. The van der Waals surface area contributed by atoms with Gasteiger partial charge in [0, 0.05) is 18.0 Å². The van der Waals surface area contributed by atoms with E-state index < -0.39 is 5.91 Å². The summed E-state index contributed by atoms with van der Waals surface area (Å²) in [7, 11) is 1.51. The highest BCUT2D eigenvalue weighted by Crippen LogP contribution is 2.24. The second-order valence-corrected chi connectivity index (χ2v) is 5.58. The van der Waals surface area contributed by atoms with Crippen molar-refractivity contribution in [3.8, 4) is 11.4 Å². The van der Waals surface area contributed by atoms with Gasteiger partial charge in [0.05, 0.1) is 11.2 Å². The number of benzene rings is 2. The van der Waals surface area contributed by atoms with Gasteiger partial charge in [0.1, 0.15) is 0 Å². The third-order valence-electron chi connectivity index (χ3n) is 3.97. The van der Waals surface area contributed by atoms with E-state index in [9.17, 15) is 4.79 Å². The molecule has 7 heteroatoms. The summed E-state index contributed by atoms with van der Waals surface area (Å²) in [6.45, 7) is 0. The van der Waals surface area contributed by atoms with Crippen LogP contribution in [0, 0.1) is 0 Å². The number of hydrogen-bond acceptors (Lipinski definition) is 5. The Morgan fingerprint density at radius 3 is 2.81 bits per heavy atom. The van der Waals surface area contributed by atoms with Gasteiger partial charge in [-0.25, -0.2) is 0 Å². The van der Waals surface area contributed by atoms with Crippen molar-refractivity contribution in [2.24, 2.45) is 0 Å². The summed E-state index contributed by atoms with van der Waals surface area (Å²) in [6.07, 6.45) is 3.87. The monoisotopic (exact) mass is 345 g/mol. The summed E-state index contributed by atoms with van der Waals surface area (Å²) in [6, 6.07) is 15.5. The number of aromatic nitrogens is 4. The number of amides is 1. The quantitative estimate of drug-likeness (QED) is 0.592. The fraction of sp³-hybridized carbons (Fsp3) is 0.0526. The van der Waals surface area contributed by atoms with Gasteiger partial charge in [0.15, 0.2) is 0 Å². The molecule has 2 aromatic heterocycles. The molecule has 26 heavy (non-hydrogen) atoms. The van der Waals surface area contributed by atoms with Gasteiger partial charge in [-0.3, -0.25) is 9.89 Å². The van der Waals surface area contributed by atoms with Gasteiger partial charge in [-0.2, -0.15) is 10.1 Å². The van der Waals surface area contributed by atoms with Gasteiger partial charge in [-0.05, 0) is 17.7 Å². The van der Waals surface area contributed by atoms with E-state index >= 15 is 0 Å². The Morgan fingerprint density at radius 1 is 1.12 bits per heavy atom. The van der Waals surface area contributed by atoms with Crippen LogP contribution in [0.1, 0.15) is 21.9 Å². The summed E-state index contributed by atoms with van der Waals surface area (Å²) in [5.41, 5.74) is 3.48. The number of fused-ring (bicyclic) bond motifs is 1. The second-order valence-electron chi connectivity index (χ2n) is 5.58. The van der Waals surface area contributed by atoms with Crippen molar-refractivity contribution >= 4 is 29.0 Å². The van der Waals surface area contributed by atoms with Gasteiger partial charge >= 0.3 is 11.8 Å². The first-order chi connectivity index (χ1) is 12.8. The Morgan fingerprint density at radius 2 is 1.92 bits per heavy atom. The molecule has 2 N–H and O–H groups in total. The van der Waals surface area contributed by atoms with Crippen LogP contribution in [0.2, 0.25) is 0 Å². The summed E-state index contributed by atoms with van der Waals surface area (Å²) >= 11 is 0. The lowest BCUT2D eigenvalue weighted by molar-refractivity contribution is 0.0919. The number of carbonyl (C=O) groups is 1. The molecule has 0 spiro atoms. The minimum absolute atomic E-state index is 0.0698. The van der Waals surface area contributed by atoms with Crippen LogP contribution in [-0.4, -0.2) is 33.3 Å². The van der Waals surface area contributed by atoms with Crippen LogP contribution in [0.4, 0.5) is 0 Å². The van der Waals surface area contributed by atoms with Crippen molar-refractivity contribution in [2.45, 2.75) is 0 Å². The van der Waals surface area contributed by atoms with Crippen molar-refractivity contribution < 1.29 is 9.32 Å². The van der Waals surface area contributed by atoms with Crippen LogP contribution in [0.15, 0.2) is 53.1 Å². The van der Waals surface area contributed by atoms with Crippen LogP contribution in [-0.2, 0) is 0 Å². The van der Waals surface area contributed by atoms with Gasteiger partial charge in [-0.15, -0.1) is 0 Å². The van der Waals surface area contributed by atoms with Gasteiger partial charge in [0.2, 0.25) is 5.82 Å². The second kappa shape index (κ2) is 6.64. The Labute approximate surface area is 148 Å². The molecule has 4 rings (SSSR count). The number of nitrogens with zero attached hydrogens (tertiary/aromatic N) is 3. The maximum absolute atomic E-state index is 11.6. The average Bonchev–Trinajstić information content (AvgIpc) is 3.33. The van der Waals surface area contributed by atoms with E-state index in [0.29, 0.717) is 5.82 Å². The van der Waals surface area contributed by atoms with Crippen LogP contribution < -0.4 is 5.32 Å². The maximum Gasteiger partial charge on any atom is 0.316 e. The van der Waals surface area contributed by atoms with Crippen LogP contribution in [0.3, 0.4) is 0 Å². The SMILES string of the molecule is CNC(=O)c1nc(-c2ccccc2/C=C/c2n[nH]c3ccccc23)no1. The zero-order chi connectivity index (χ0) is 17.9. The molecule has 0 fully saturated rings. The number of carbonyl (C=O) groups excluding carboxylic acids is 1. The normalized spacial score (nSPS) is 11.3. The molecular weight excluding hydrogens is 330 g/mol. The van der Waals surface area contributed by atoms with E-state index in [0.717, 1.165) is 27.7 Å². The summed E-state index contributed by atoms with van der Waals surface area (Å²) in [4.78, 5) is 15.8. The first-order valence-corrected chi connectivity index (χ1v) is 8.02. The highest BCUT2D eigenvalue weighted by Gasteiger charge is 2.16. The van der Waals surface area contributed by atoms with Gasteiger partial charge in [0.25, 0.3) is 0 Å². The molecule has 4 aromatic rings. The van der Waals surface area contributed by atoms with Crippen molar-refractivity contribution in [3.63, 3.8) is 0 Å². The minimum atomic E-state index is -0.417. The molecule has 0 atom stereocenters. The lowest BCUT2D eigenvalue weighted by Crippen LogP contribution is -2.17. The Kier molecular flexibility index (Phi) is 4.03. The summed E-state index contributed by atoms with van der Waals surface area (Å²) in [5.74, 6) is -0.130. The van der Waals surface area contributed by atoms with E-state index in [4.69, 9.17) is 4.52 Å². The molecule has 7 nitrogen and oxygen atoms in total. The molecule has 1 amide bonds. The van der Waals surface area contributed by atoms with Crippen molar-refractivity contribution in [2.75, 3.05) is 7.05 Å². The standard InChI is InChI=1S/C19H15N5O2/c1-20-18(25)19-21-17(24-26-19)13-7-3-2-6-12(13)10-11-16-14-8-4-5-9-15(14)22-23-16/h2-11H,1H3,(H,20,25)(H,22,23)/b11-10+. The van der Waals surface area contributed by atoms with Crippen LogP contribution >= 0.6 is 0 Å². The highest BCUT2D eigenvalue weighted by atomic mass is 16.5. The minimum Gasteiger partial charge on any atom is -0.351 e. The van der Waals surface area contributed by atoms with E-state index in [1.54, 1.807) is 0 Å². The van der Waals surface area contributed by atoms with Crippen molar-refractivity contribution in [1.29, 1.82) is 0 Å².